The number of carboxylic acids is 2. The molecule has 0 aromatic carbocycles. The molecule has 0 saturated carbocycles. The fraction of sp³-hybridized carbons (Fsp3) is 0.714. The summed E-state index contributed by atoms with van der Waals surface area (Å²) >= 11 is 0. The predicted octanol–water partition coefficient (Wildman–Crippen LogP) is -1.43. The molecule has 0 rings (SSSR count). The SMILES string of the molecule is CCCN(CC(=O)O)CC(=O)O.[NaH].[NaH]. The summed E-state index contributed by atoms with van der Waals surface area (Å²) in [7, 11) is 0. The van der Waals surface area contributed by atoms with E-state index < -0.39 is 11.9 Å². The van der Waals surface area contributed by atoms with E-state index in [0.717, 1.165) is 6.42 Å². The van der Waals surface area contributed by atoms with Gasteiger partial charge in [-0.2, -0.15) is 0 Å². The first-order valence-electron chi connectivity index (χ1n) is 3.72. The van der Waals surface area contributed by atoms with Gasteiger partial charge in [0.2, 0.25) is 0 Å². The second-order valence-corrected chi connectivity index (χ2v) is 2.50. The summed E-state index contributed by atoms with van der Waals surface area (Å²) in [5.41, 5.74) is 0. The Morgan fingerprint density at radius 2 is 1.43 bits per heavy atom. The molecule has 0 aromatic rings. The van der Waals surface area contributed by atoms with Gasteiger partial charge in [0, 0.05) is 0 Å². The Kier molecular flexibility index (Phi) is 17.4. The average molecular weight is 223 g/mol. The van der Waals surface area contributed by atoms with Gasteiger partial charge in [-0.05, 0) is 13.0 Å². The third-order valence-corrected chi connectivity index (χ3v) is 1.26. The number of hydrogen-bond donors (Lipinski definition) is 2. The van der Waals surface area contributed by atoms with E-state index in [1.54, 1.807) is 0 Å². The Morgan fingerprint density at radius 1 is 1.07 bits per heavy atom. The van der Waals surface area contributed by atoms with Crippen molar-refractivity contribution in [1.82, 2.24) is 4.90 Å². The molecule has 0 atom stereocenters. The normalized spacial score (nSPS) is 8.71. The van der Waals surface area contributed by atoms with Crippen molar-refractivity contribution in [1.29, 1.82) is 0 Å². The van der Waals surface area contributed by atoms with Crippen molar-refractivity contribution in [2.24, 2.45) is 0 Å². The van der Waals surface area contributed by atoms with Crippen LogP contribution in [0.3, 0.4) is 0 Å². The van der Waals surface area contributed by atoms with Crippen LogP contribution in [0.2, 0.25) is 0 Å². The molecule has 7 heteroatoms. The van der Waals surface area contributed by atoms with Gasteiger partial charge < -0.3 is 10.2 Å². The average Bonchev–Trinajstić information content (AvgIpc) is 1.84. The van der Waals surface area contributed by atoms with Crippen LogP contribution in [0.5, 0.6) is 0 Å². The first kappa shape index (κ1) is 20.3. The van der Waals surface area contributed by atoms with Gasteiger partial charge >= 0.3 is 71.1 Å². The van der Waals surface area contributed by atoms with Crippen LogP contribution in [0.15, 0.2) is 0 Å². The van der Waals surface area contributed by atoms with Gasteiger partial charge in [0.15, 0.2) is 0 Å². The minimum atomic E-state index is -0.996. The fourth-order valence-corrected chi connectivity index (χ4v) is 0.913. The Bertz CT molecular complexity index is 161. The number of aliphatic carboxylic acids is 2. The molecule has 0 bridgehead atoms. The van der Waals surface area contributed by atoms with Gasteiger partial charge in [-0.25, -0.2) is 0 Å². The summed E-state index contributed by atoms with van der Waals surface area (Å²) in [6.07, 6.45) is 0.751. The number of nitrogens with zero attached hydrogens (tertiary/aromatic N) is 1. The summed E-state index contributed by atoms with van der Waals surface area (Å²) in [5.74, 6) is -1.99. The second-order valence-electron chi connectivity index (χ2n) is 2.50. The third-order valence-electron chi connectivity index (χ3n) is 1.26. The van der Waals surface area contributed by atoms with E-state index in [1.165, 1.54) is 4.90 Å². The van der Waals surface area contributed by atoms with Gasteiger partial charge in [0.1, 0.15) is 0 Å². The molecule has 2 N–H and O–H groups in total. The topological polar surface area (TPSA) is 77.8 Å². The number of carbonyl (C=O) groups is 2. The molecule has 0 heterocycles. The van der Waals surface area contributed by atoms with Crippen molar-refractivity contribution >= 4 is 71.1 Å². The summed E-state index contributed by atoms with van der Waals surface area (Å²) in [6, 6.07) is 0. The molecular formula is C7H15NNa2O4. The molecule has 14 heavy (non-hydrogen) atoms. The summed E-state index contributed by atoms with van der Waals surface area (Å²) in [5, 5.41) is 16.8. The maximum absolute atomic E-state index is 10.2. The molecule has 0 fully saturated rings. The van der Waals surface area contributed by atoms with Crippen molar-refractivity contribution in [2.75, 3.05) is 19.6 Å². The number of carboxylic acid groups (broad SMARTS) is 2. The maximum atomic E-state index is 10.2. The van der Waals surface area contributed by atoms with Crippen molar-refractivity contribution in [2.45, 2.75) is 13.3 Å². The summed E-state index contributed by atoms with van der Waals surface area (Å²) in [6.45, 7) is 1.95. The Balaban J connectivity index is -0.000000605. The molecule has 0 aliphatic heterocycles. The minimum absolute atomic E-state index is 0. The van der Waals surface area contributed by atoms with E-state index in [1.807, 2.05) is 6.92 Å². The van der Waals surface area contributed by atoms with Crippen LogP contribution in [0, 0.1) is 0 Å². The van der Waals surface area contributed by atoms with Crippen LogP contribution in [-0.4, -0.2) is 106 Å². The third kappa shape index (κ3) is 12.9. The zero-order chi connectivity index (χ0) is 9.56. The summed E-state index contributed by atoms with van der Waals surface area (Å²) in [4.78, 5) is 21.8. The second kappa shape index (κ2) is 12.0. The van der Waals surface area contributed by atoms with Crippen LogP contribution < -0.4 is 0 Å². The molecule has 0 aromatic heterocycles. The number of hydrogen-bond acceptors (Lipinski definition) is 3. The van der Waals surface area contributed by atoms with E-state index in [9.17, 15) is 9.59 Å². The van der Waals surface area contributed by atoms with E-state index in [0.29, 0.717) is 6.54 Å². The molecule has 0 spiro atoms. The molecule has 0 saturated heterocycles. The number of rotatable bonds is 6. The monoisotopic (exact) mass is 223 g/mol. The molecule has 0 radical (unpaired) electrons. The molecule has 0 amide bonds. The van der Waals surface area contributed by atoms with E-state index in [2.05, 4.69) is 0 Å². The van der Waals surface area contributed by atoms with Gasteiger partial charge in [-0.15, -0.1) is 0 Å². The van der Waals surface area contributed by atoms with Crippen molar-refractivity contribution in [3.8, 4) is 0 Å². The molecule has 0 aliphatic carbocycles. The van der Waals surface area contributed by atoms with Crippen molar-refractivity contribution in [3.05, 3.63) is 0 Å². The van der Waals surface area contributed by atoms with Crippen LogP contribution in [0.1, 0.15) is 13.3 Å². The first-order valence-corrected chi connectivity index (χ1v) is 3.72. The van der Waals surface area contributed by atoms with Crippen molar-refractivity contribution in [3.63, 3.8) is 0 Å². The molecule has 74 valence electrons. The Labute approximate surface area is 127 Å². The molecular weight excluding hydrogens is 208 g/mol. The van der Waals surface area contributed by atoms with Crippen LogP contribution >= 0.6 is 0 Å². The zero-order valence-corrected chi connectivity index (χ0v) is 6.99. The van der Waals surface area contributed by atoms with Gasteiger partial charge in [0.05, 0.1) is 13.1 Å². The van der Waals surface area contributed by atoms with Gasteiger partial charge in [-0.3, -0.25) is 14.5 Å². The zero-order valence-electron chi connectivity index (χ0n) is 6.99. The van der Waals surface area contributed by atoms with Gasteiger partial charge in [-0.1, -0.05) is 6.92 Å². The van der Waals surface area contributed by atoms with Crippen LogP contribution in [0.4, 0.5) is 0 Å². The predicted molar refractivity (Wildman–Crippen MR) is 56.3 cm³/mol. The summed E-state index contributed by atoms with van der Waals surface area (Å²) < 4.78 is 0. The standard InChI is InChI=1S/C7H13NO4.2Na.2H/c1-2-3-8(4-6(9)10)5-7(11)12;;;;/h2-5H2,1H3,(H,9,10)(H,11,12);;;;. The molecule has 0 aliphatic rings. The van der Waals surface area contributed by atoms with E-state index in [-0.39, 0.29) is 72.2 Å². The van der Waals surface area contributed by atoms with Crippen LogP contribution in [0.25, 0.3) is 0 Å². The van der Waals surface area contributed by atoms with Gasteiger partial charge in [0.25, 0.3) is 0 Å². The molecule has 5 nitrogen and oxygen atoms in total. The quantitative estimate of drug-likeness (QED) is 0.540. The van der Waals surface area contributed by atoms with Crippen LogP contribution in [-0.2, 0) is 9.59 Å². The first-order chi connectivity index (χ1) is 5.56. The molecule has 0 unspecified atom stereocenters. The van der Waals surface area contributed by atoms with E-state index >= 15 is 0 Å². The fourth-order valence-electron chi connectivity index (χ4n) is 0.913. The van der Waals surface area contributed by atoms with E-state index in [4.69, 9.17) is 10.2 Å². The Morgan fingerprint density at radius 3 is 1.64 bits per heavy atom. The Hall–Kier alpha value is 0.900. The van der Waals surface area contributed by atoms with Crippen molar-refractivity contribution < 1.29 is 19.8 Å².